The van der Waals surface area contributed by atoms with Gasteiger partial charge in [-0.25, -0.2) is 8.42 Å². The SMILES string of the molecule is CS(=O)(=O)Cc1ccc(CC2(N)CC2)cc1. The summed E-state index contributed by atoms with van der Waals surface area (Å²) in [6.07, 6.45) is 4.34. The van der Waals surface area contributed by atoms with Crippen LogP contribution >= 0.6 is 0 Å². The molecule has 16 heavy (non-hydrogen) atoms. The van der Waals surface area contributed by atoms with Crippen LogP contribution in [0.25, 0.3) is 0 Å². The normalized spacial score (nSPS) is 18.4. The molecule has 0 heterocycles. The standard InChI is InChI=1S/C12H17NO2S/c1-16(14,15)9-11-4-2-10(3-5-11)8-12(13)6-7-12/h2-5H,6-9,13H2,1H3. The zero-order chi connectivity index (χ0) is 11.8. The Morgan fingerprint density at radius 3 is 2.12 bits per heavy atom. The van der Waals surface area contributed by atoms with Gasteiger partial charge < -0.3 is 5.73 Å². The number of rotatable bonds is 4. The van der Waals surface area contributed by atoms with Crippen LogP contribution < -0.4 is 5.73 Å². The predicted molar refractivity (Wildman–Crippen MR) is 64.8 cm³/mol. The molecule has 1 aliphatic rings. The van der Waals surface area contributed by atoms with E-state index in [0.29, 0.717) is 0 Å². The molecule has 1 aromatic carbocycles. The van der Waals surface area contributed by atoms with Crippen molar-refractivity contribution in [1.82, 2.24) is 0 Å². The number of nitrogens with two attached hydrogens (primary N) is 1. The molecule has 3 nitrogen and oxygen atoms in total. The van der Waals surface area contributed by atoms with Crippen molar-refractivity contribution >= 4 is 9.84 Å². The highest BCUT2D eigenvalue weighted by Crippen LogP contribution is 2.35. The molecule has 0 spiro atoms. The molecule has 88 valence electrons. The van der Waals surface area contributed by atoms with Crippen LogP contribution in [0.3, 0.4) is 0 Å². The third-order valence-electron chi connectivity index (χ3n) is 2.90. The first kappa shape index (κ1) is 11.6. The lowest BCUT2D eigenvalue weighted by molar-refractivity contribution is 0.601. The van der Waals surface area contributed by atoms with Crippen LogP contribution in [0.5, 0.6) is 0 Å². The maximum atomic E-state index is 11.1. The second kappa shape index (κ2) is 3.86. The van der Waals surface area contributed by atoms with Crippen molar-refractivity contribution in [2.75, 3.05) is 6.26 Å². The van der Waals surface area contributed by atoms with Crippen molar-refractivity contribution in [1.29, 1.82) is 0 Å². The lowest BCUT2D eigenvalue weighted by Gasteiger charge is -2.08. The number of hydrogen-bond donors (Lipinski definition) is 1. The molecule has 1 aromatic rings. The van der Waals surface area contributed by atoms with Gasteiger partial charge in [0.05, 0.1) is 5.75 Å². The molecule has 1 fully saturated rings. The first-order valence-corrected chi connectivity index (χ1v) is 7.47. The van der Waals surface area contributed by atoms with E-state index in [9.17, 15) is 8.42 Å². The van der Waals surface area contributed by atoms with Crippen LogP contribution in [0.4, 0.5) is 0 Å². The van der Waals surface area contributed by atoms with E-state index in [-0.39, 0.29) is 11.3 Å². The van der Waals surface area contributed by atoms with Crippen molar-refractivity contribution in [2.24, 2.45) is 5.73 Å². The smallest absolute Gasteiger partial charge is 0.151 e. The molecular weight excluding hydrogens is 222 g/mol. The molecular formula is C12H17NO2S. The first-order chi connectivity index (χ1) is 7.36. The van der Waals surface area contributed by atoms with E-state index in [1.807, 2.05) is 24.3 Å². The Morgan fingerprint density at radius 2 is 1.69 bits per heavy atom. The van der Waals surface area contributed by atoms with Gasteiger partial charge in [0.25, 0.3) is 0 Å². The van der Waals surface area contributed by atoms with Gasteiger partial charge in [-0.05, 0) is 30.4 Å². The van der Waals surface area contributed by atoms with Crippen molar-refractivity contribution in [3.05, 3.63) is 35.4 Å². The summed E-state index contributed by atoms with van der Waals surface area (Å²) in [5, 5.41) is 0. The number of hydrogen-bond acceptors (Lipinski definition) is 3. The summed E-state index contributed by atoms with van der Waals surface area (Å²) in [5.41, 5.74) is 8.07. The molecule has 0 aliphatic heterocycles. The van der Waals surface area contributed by atoms with Gasteiger partial charge in [-0.3, -0.25) is 0 Å². The second-order valence-electron chi connectivity index (χ2n) is 4.93. The monoisotopic (exact) mass is 239 g/mol. The van der Waals surface area contributed by atoms with Gasteiger partial charge in [-0.15, -0.1) is 0 Å². The molecule has 0 atom stereocenters. The highest BCUT2D eigenvalue weighted by Gasteiger charge is 2.37. The molecule has 0 radical (unpaired) electrons. The summed E-state index contributed by atoms with van der Waals surface area (Å²) in [4.78, 5) is 0. The Bertz CT molecular complexity index is 472. The maximum absolute atomic E-state index is 11.1. The van der Waals surface area contributed by atoms with E-state index in [1.54, 1.807) is 0 Å². The van der Waals surface area contributed by atoms with E-state index < -0.39 is 9.84 Å². The van der Waals surface area contributed by atoms with Crippen molar-refractivity contribution < 1.29 is 8.42 Å². The van der Waals surface area contributed by atoms with Crippen LogP contribution in [0.2, 0.25) is 0 Å². The molecule has 2 N–H and O–H groups in total. The van der Waals surface area contributed by atoms with Gasteiger partial charge in [0, 0.05) is 11.8 Å². The minimum absolute atomic E-state index is 0.0123. The van der Waals surface area contributed by atoms with E-state index in [1.165, 1.54) is 11.8 Å². The Kier molecular flexibility index (Phi) is 2.80. The zero-order valence-electron chi connectivity index (χ0n) is 9.44. The number of sulfone groups is 1. The summed E-state index contributed by atoms with van der Waals surface area (Å²) < 4.78 is 22.2. The maximum Gasteiger partial charge on any atom is 0.151 e. The molecule has 0 unspecified atom stereocenters. The van der Waals surface area contributed by atoms with E-state index >= 15 is 0 Å². The van der Waals surface area contributed by atoms with Gasteiger partial charge in [0.2, 0.25) is 0 Å². The fourth-order valence-electron chi connectivity index (χ4n) is 1.80. The lowest BCUT2D eigenvalue weighted by Crippen LogP contribution is -2.24. The van der Waals surface area contributed by atoms with E-state index in [4.69, 9.17) is 5.73 Å². The van der Waals surface area contributed by atoms with Crippen LogP contribution in [0.15, 0.2) is 24.3 Å². The van der Waals surface area contributed by atoms with Crippen molar-refractivity contribution in [2.45, 2.75) is 30.6 Å². The Labute approximate surface area is 96.6 Å². The molecule has 0 aromatic heterocycles. The second-order valence-corrected chi connectivity index (χ2v) is 7.07. The van der Waals surface area contributed by atoms with Gasteiger partial charge in [0.15, 0.2) is 9.84 Å². The van der Waals surface area contributed by atoms with Gasteiger partial charge >= 0.3 is 0 Å². The minimum Gasteiger partial charge on any atom is -0.325 e. The summed E-state index contributed by atoms with van der Waals surface area (Å²) >= 11 is 0. The molecule has 0 saturated heterocycles. The Morgan fingerprint density at radius 1 is 1.19 bits per heavy atom. The number of benzene rings is 1. The fourth-order valence-corrected chi connectivity index (χ4v) is 2.60. The van der Waals surface area contributed by atoms with E-state index in [0.717, 1.165) is 24.8 Å². The quantitative estimate of drug-likeness (QED) is 0.860. The van der Waals surface area contributed by atoms with E-state index in [2.05, 4.69) is 0 Å². The summed E-state index contributed by atoms with van der Waals surface area (Å²) in [6.45, 7) is 0. The van der Waals surface area contributed by atoms with Crippen LogP contribution in [-0.4, -0.2) is 20.2 Å². The Hall–Kier alpha value is -0.870. The highest BCUT2D eigenvalue weighted by atomic mass is 32.2. The summed E-state index contributed by atoms with van der Waals surface area (Å²) in [6, 6.07) is 7.71. The molecule has 0 bridgehead atoms. The first-order valence-electron chi connectivity index (χ1n) is 5.41. The molecule has 4 heteroatoms. The van der Waals surface area contributed by atoms with Gasteiger partial charge in [-0.2, -0.15) is 0 Å². The van der Waals surface area contributed by atoms with Crippen LogP contribution in [-0.2, 0) is 22.0 Å². The van der Waals surface area contributed by atoms with Crippen LogP contribution in [0, 0.1) is 0 Å². The topological polar surface area (TPSA) is 60.2 Å². The largest absolute Gasteiger partial charge is 0.325 e. The lowest BCUT2D eigenvalue weighted by atomic mass is 10.0. The summed E-state index contributed by atoms with van der Waals surface area (Å²) in [7, 11) is -2.94. The Balaban J connectivity index is 2.04. The molecule has 1 saturated carbocycles. The third-order valence-corrected chi connectivity index (χ3v) is 3.76. The summed E-state index contributed by atoms with van der Waals surface area (Å²) in [5.74, 6) is 0.112. The van der Waals surface area contributed by atoms with Gasteiger partial charge in [-0.1, -0.05) is 24.3 Å². The fraction of sp³-hybridized carbons (Fsp3) is 0.500. The molecule has 1 aliphatic carbocycles. The zero-order valence-corrected chi connectivity index (χ0v) is 10.3. The molecule has 0 amide bonds. The molecule has 2 rings (SSSR count). The highest BCUT2D eigenvalue weighted by molar-refractivity contribution is 7.89. The van der Waals surface area contributed by atoms with Crippen molar-refractivity contribution in [3.8, 4) is 0 Å². The van der Waals surface area contributed by atoms with Crippen LogP contribution in [0.1, 0.15) is 24.0 Å². The van der Waals surface area contributed by atoms with Crippen molar-refractivity contribution in [3.63, 3.8) is 0 Å². The average Bonchev–Trinajstić information content (AvgIpc) is 2.85. The predicted octanol–water partition coefficient (Wildman–Crippen LogP) is 1.27. The average molecular weight is 239 g/mol. The third kappa shape index (κ3) is 3.32. The van der Waals surface area contributed by atoms with Gasteiger partial charge in [0.1, 0.15) is 0 Å². The minimum atomic E-state index is -2.94.